The number of hydrogen-bond acceptors (Lipinski definition) is 5. The number of hydrogen-bond donors (Lipinski definition) is 1. The number of nitriles is 1. The van der Waals surface area contributed by atoms with Crippen LogP contribution in [0.1, 0.15) is 28.5 Å². The quantitative estimate of drug-likeness (QED) is 0.744. The van der Waals surface area contributed by atoms with E-state index in [1.165, 1.54) is 10.6 Å². The Balaban J connectivity index is 2.17. The lowest BCUT2D eigenvalue weighted by molar-refractivity contribution is 0.0523. The highest BCUT2D eigenvalue weighted by Crippen LogP contribution is 2.22. The van der Waals surface area contributed by atoms with Crippen LogP contribution in [-0.2, 0) is 4.74 Å². The third kappa shape index (κ3) is 2.44. The Kier molecular flexibility index (Phi) is 3.88. The highest BCUT2D eigenvalue weighted by Gasteiger charge is 2.18. The molecule has 0 atom stereocenters. The summed E-state index contributed by atoms with van der Waals surface area (Å²) in [7, 11) is 0. The lowest BCUT2D eigenvalue weighted by atomic mass is 10.1. The Hall–Kier alpha value is -3.40. The maximum atomic E-state index is 12.6. The van der Waals surface area contributed by atoms with Crippen molar-refractivity contribution in [1.29, 1.82) is 5.26 Å². The van der Waals surface area contributed by atoms with Crippen LogP contribution in [0.3, 0.4) is 0 Å². The van der Waals surface area contributed by atoms with E-state index in [9.17, 15) is 9.59 Å². The van der Waals surface area contributed by atoms with E-state index in [1.807, 2.05) is 0 Å². The number of imidazole rings is 1. The van der Waals surface area contributed by atoms with Crippen LogP contribution in [-0.4, -0.2) is 26.9 Å². The standard InChI is InChI=1S/C17H14N4O3/c1-3-24-16(23)13-9-19-17-20-14(10(2)21(17)15(13)22)12-6-4-11(8-18)5-7-12/h4-7,9H,3H2,1-2H3,(H,19,20). The molecule has 7 nitrogen and oxygen atoms in total. The lowest BCUT2D eigenvalue weighted by Crippen LogP contribution is -2.24. The van der Waals surface area contributed by atoms with Gasteiger partial charge in [0.2, 0.25) is 5.78 Å². The number of benzene rings is 1. The predicted octanol–water partition coefficient (Wildman–Crippen LogP) is 2.05. The smallest absolute Gasteiger partial charge is 0.345 e. The van der Waals surface area contributed by atoms with Crippen molar-refractivity contribution in [1.82, 2.24) is 14.4 Å². The molecule has 0 aliphatic heterocycles. The van der Waals surface area contributed by atoms with Crippen LogP contribution < -0.4 is 5.56 Å². The van der Waals surface area contributed by atoms with E-state index in [2.05, 4.69) is 16.0 Å². The molecule has 0 saturated heterocycles. The van der Waals surface area contributed by atoms with Gasteiger partial charge in [0, 0.05) is 0 Å². The summed E-state index contributed by atoms with van der Waals surface area (Å²) in [6, 6.07) is 9.02. The minimum Gasteiger partial charge on any atom is -0.462 e. The van der Waals surface area contributed by atoms with Crippen molar-refractivity contribution in [2.45, 2.75) is 13.8 Å². The molecule has 0 fully saturated rings. The fraction of sp³-hybridized carbons (Fsp3) is 0.176. The zero-order chi connectivity index (χ0) is 17.3. The van der Waals surface area contributed by atoms with Gasteiger partial charge in [0.05, 0.1) is 35.8 Å². The van der Waals surface area contributed by atoms with Crippen molar-refractivity contribution in [2.24, 2.45) is 0 Å². The number of esters is 1. The molecule has 2 heterocycles. The van der Waals surface area contributed by atoms with Gasteiger partial charge in [-0.05, 0) is 31.5 Å². The summed E-state index contributed by atoms with van der Waals surface area (Å²) in [6.07, 6.45) is 1.22. The van der Waals surface area contributed by atoms with Crippen LogP contribution in [0.2, 0.25) is 0 Å². The van der Waals surface area contributed by atoms with Crippen LogP contribution in [0, 0.1) is 18.3 Å². The Morgan fingerprint density at radius 2 is 2.08 bits per heavy atom. The molecular formula is C17H14N4O3. The first-order valence-corrected chi connectivity index (χ1v) is 7.34. The molecule has 1 aromatic carbocycles. The number of aromatic amines is 1. The predicted molar refractivity (Wildman–Crippen MR) is 86.7 cm³/mol. The first-order valence-electron chi connectivity index (χ1n) is 7.34. The largest absolute Gasteiger partial charge is 0.462 e. The van der Waals surface area contributed by atoms with E-state index in [-0.39, 0.29) is 12.2 Å². The molecule has 24 heavy (non-hydrogen) atoms. The summed E-state index contributed by atoms with van der Waals surface area (Å²) in [6.45, 7) is 3.62. The summed E-state index contributed by atoms with van der Waals surface area (Å²) in [5, 5.41) is 8.87. The highest BCUT2D eigenvalue weighted by atomic mass is 16.5. The summed E-state index contributed by atoms with van der Waals surface area (Å²) in [4.78, 5) is 31.6. The molecule has 0 radical (unpaired) electrons. The van der Waals surface area contributed by atoms with Crippen LogP contribution >= 0.6 is 0 Å². The molecule has 3 aromatic rings. The number of aryl methyl sites for hydroxylation is 1. The zero-order valence-electron chi connectivity index (χ0n) is 13.2. The summed E-state index contributed by atoms with van der Waals surface area (Å²) < 4.78 is 6.23. The van der Waals surface area contributed by atoms with Crippen LogP contribution in [0.5, 0.6) is 0 Å². The van der Waals surface area contributed by atoms with Crippen molar-refractivity contribution in [3.63, 3.8) is 0 Å². The molecule has 0 aliphatic rings. The number of carbonyl (C=O) groups is 1. The fourth-order valence-corrected chi connectivity index (χ4v) is 2.51. The monoisotopic (exact) mass is 322 g/mol. The number of nitrogens with one attached hydrogen (secondary N) is 1. The second-order valence-corrected chi connectivity index (χ2v) is 5.13. The van der Waals surface area contributed by atoms with Gasteiger partial charge in [0.25, 0.3) is 5.56 Å². The molecule has 0 aliphatic carbocycles. The molecule has 2 aromatic heterocycles. The Morgan fingerprint density at radius 3 is 2.71 bits per heavy atom. The molecule has 0 saturated carbocycles. The SMILES string of the molecule is CCOC(=O)c1cnc2[nH]c(-c3ccc(C#N)cc3)c(C)n2c1=O. The van der Waals surface area contributed by atoms with Gasteiger partial charge in [-0.15, -0.1) is 0 Å². The summed E-state index contributed by atoms with van der Waals surface area (Å²) in [5.41, 5.74) is 2.10. The lowest BCUT2D eigenvalue weighted by Gasteiger charge is -2.02. The minimum atomic E-state index is -0.690. The minimum absolute atomic E-state index is 0.108. The Morgan fingerprint density at radius 1 is 1.38 bits per heavy atom. The van der Waals surface area contributed by atoms with Crippen molar-refractivity contribution in [2.75, 3.05) is 6.61 Å². The summed E-state index contributed by atoms with van der Waals surface area (Å²) in [5.74, 6) is -0.352. The Labute approximate surface area is 137 Å². The average molecular weight is 322 g/mol. The van der Waals surface area contributed by atoms with E-state index in [0.717, 1.165) is 5.56 Å². The third-order valence-electron chi connectivity index (χ3n) is 3.69. The maximum Gasteiger partial charge on any atom is 0.345 e. The topological polar surface area (TPSA) is 100 Å². The second-order valence-electron chi connectivity index (χ2n) is 5.13. The van der Waals surface area contributed by atoms with Gasteiger partial charge in [0.1, 0.15) is 5.56 Å². The van der Waals surface area contributed by atoms with Crippen molar-refractivity contribution in [3.05, 3.63) is 57.6 Å². The van der Waals surface area contributed by atoms with Gasteiger partial charge >= 0.3 is 5.97 Å². The molecule has 0 unspecified atom stereocenters. The molecule has 0 amide bonds. The number of carbonyl (C=O) groups excluding carboxylic acids is 1. The third-order valence-corrected chi connectivity index (χ3v) is 3.69. The van der Waals surface area contributed by atoms with Gasteiger partial charge in [-0.1, -0.05) is 12.1 Å². The molecule has 1 N–H and O–H groups in total. The molecule has 0 bridgehead atoms. The van der Waals surface area contributed by atoms with Crippen LogP contribution in [0.15, 0.2) is 35.3 Å². The van der Waals surface area contributed by atoms with Gasteiger partial charge in [-0.2, -0.15) is 5.26 Å². The number of H-pyrrole nitrogens is 1. The fourth-order valence-electron chi connectivity index (χ4n) is 2.51. The zero-order valence-corrected chi connectivity index (χ0v) is 13.2. The van der Waals surface area contributed by atoms with Gasteiger partial charge in [-0.3, -0.25) is 4.79 Å². The molecule has 0 spiro atoms. The number of ether oxygens (including phenoxy) is 1. The number of aromatic nitrogens is 3. The highest BCUT2D eigenvalue weighted by molar-refractivity contribution is 5.88. The van der Waals surface area contributed by atoms with Crippen LogP contribution in [0.4, 0.5) is 0 Å². The molecular weight excluding hydrogens is 308 g/mol. The van der Waals surface area contributed by atoms with E-state index in [1.54, 1.807) is 38.1 Å². The molecule has 120 valence electrons. The second kappa shape index (κ2) is 6.01. The van der Waals surface area contributed by atoms with E-state index < -0.39 is 11.5 Å². The molecule has 3 rings (SSSR count). The number of rotatable bonds is 3. The first kappa shape index (κ1) is 15.5. The van der Waals surface area contributed by atoms with Crippen molar-refractivity contribution in [3.8, 4) is 17.3 Å². The maximum absolute atomic E-state index is 12.6. The van der Waals surface area contributed by atoms with E-state index in [0.29, 0.717) is 22.7 Å². The summed E-state index contributed by atoms with van der Waals surface area (Å²) >= 11 is 0. The number of fused-ring (bicyclic) bond motifs is 1. The normalized spacial score (nSPS) is 10.5. The average Bonchev–Trinajstić information content (AvgIpc) is 2.93. The number of nitrogens with zero attached hydrogens (tertiary/aromatic N) is 3. The molecule has 7 heteroatoms. The Bertz CT molecular complexity index is 1020. The van der Waals surface area contributed by atoms with E-state index in [4.69, 9.17) is 10.00 Å². The van der Waals surface area contributed by atoms with Crippen LogP contribution in [0.25, 0.3) is 17.0 Å². The first-order chi connectivity index (χ1) is 11.6. The van der Waals surface area contributed by atoms with Crippen molar-refractivity contribution >= 4 is 11.7 Å². The van der Waals surface area contributed by atoms with E-state index >= 15 is 0 Å². The van der Waals surface area contributed by atoms with Gasteiger partial charge < -0.3 is 9.72 Å². The van der Waals surface area contributed by atoms with Gasteiger partial charge in [-0.25, -0.2) is 14.2 Å². The van der Waals surface area contributed by atoms with Crippen molar-refractivity contribution < 1.29 is 9.53 Å². The van der Waals surface area contributed by atoms with Gasteiger partial charge in [0.15, 0.2) is 0 Å².